The molecule has 0 aliphatic carbocycles. The predicted molar refractivity (Wildman–Crippen MR) is 160 cm³/mol. The normalized spacial score (nSPS) is 18.2. The van der Waals surface area contributed by atoms with E-state index in [0.29, 0.717) is 0 Å². The first-order chi connectivity index (χ1) is 18.7. The van der Waals surface area contributed by atoms with Crippen LogP contribution in [-0.2, 0) is 23.2 Å². The number of aliphatic carboxylic acids is 1. The van der Waals surface area contributed by atoms with E-state index in [1.807, 2.05) is 24.3 Å². The Bertz CT molecular complexity index is 1450. The fourth-order valence-corrected chi connectivity index (χ4v) is 5.77. The number of anilines is 2. The van der Waals surface area contributed by atoms with Gasteiger partial charge in [0.25, 0.3) is 0 Å². The summed E-state index contributed by atoms with van der Waals surface area (Å²) in [6, 6.07) is 27.4. The topological polar surface area (TPSA) is 43.8 Å². The molecule has 3 aromatic rings. The minimum absolute atomic E-state index is 0.0394. The summed E-state index contributed by atoms with van der Waals surface area (Å²) >= 11 is 0. The van der Waals surface area contributed by atoms with E-state index >= 15 is 0 Å². The molecule has 4 heteroatoms. The van der Waals surface area contributed by atoms with E-state index in [1.165, 1.54) is 33.9 Å². The minimum Gasteiger partial charge on any atom is -0.481 e. The van der Waals surface area contributed by atoms with Gasteiger partial charge >= 0.3 is 5.97 Å². The van der Waals surface area contributed by atoms with Gasteiger partial charge in [0.1, 0.15) is 0 Å². The summed E-state index contributed by atoms with van der Waals surface area (Å²) in [5.74, 6) is -0.807. The Labute approximate surface area is 231 Å². The van der Waals surface area contributed by atoms with Crippen LogP contribution in [0.5, 0.6) is 0 Å². The van der Waals surface area contributed by atoms with E-state index < -0.39 is 5.97 Å². The van der Waals surface area contributed by atoms with Gasteiger partial charge in [0.15, 0.2) is 0 Å². The monoisotopic (exact) mass is 516 g/mol. The Morgan fingerprint density at radius 3 is 2.15 bits per heavy atom. The maximum absolute atomic E-state index is 11.0. The van der Waals surface area contributed by atoms with Crippen molar-refractivity contribution in [2.45, 2.75) is 52.1 Å². The summed E-state index contributed by atoms with van der Waals surface area (Å²) in [6.45, 7) is 9.69. The molecule has 1 atom stereocenters. The van der Waals surface area contributed by atoms with Crippen LogP contribution in [-0.4, -0.2) is 22.0 Å². The van der Waals surface area contributed by atoms with Crippen molar-refractivity contribution in [2.75, 3.05) is 4.90 Å². The molecular weight excluding hydrogens is 480 g/mol. The van der Waals surface area contributed by atoms with Crippen molar-refractivity contribution in [1.82, 2.24) is 4.90 Å². The first-order valence-electron chi connectivity index (χ1n) is 13.5. The van der Waals surface area contributed by atoms with Crippen molar-refractivity contribution in [3.63, 3.8) is 0 Å². The number of benzene rings is 3. The van der Waals surface area contributed by atoms with Crippen LogP contribution in [0.3, 0.4) is 0 Å². The van der Waals surface area contributed by atoms with E-state index in [0.717, 1.165) is 17.7 Å². The summed E-state index contributed by atoms with van der Waals surface area (Å²) in [5, 5.41) is 9.01. The number of para-hydroxylation sites is 2. The molecule has 4 nitrogen and oxygen atoms in total. The molecule has 39 heavy (non-hydrogen) atoms. The first-order valence-corrected chi connectivity index (χ1v) is 13.5. The Morgan fingerprint density at radius 1 is 0.872 bits per heavy atom. The molecule has 0 radical (unpaired) electrons. The second kappa shape index (κ2) is 10.8. The fraction of sp³-hybridized carbons (Fsp3) is 0.229. The minimum atomic E-state index is -0.807. The molecule has 2 aliphatic rings. The van der Waals surface area contributed by atoms with E-state index in [4.69, 9.17) is 5.11 Å². The highest BCUT2D eigenvalue weighted by molar-refractivity contribution is 5.75. The summed E-state index contributed by atoms with van der Waals surface area (Å²) in [7, 11) is 0. The molecule has 0 spiro atoms. The van der Waals surface area contributed by atoms with Crippen molar-refractivity contribution < 1.29 is 9.90 Å². The molecule has 0 fully saturated rings. The van der Waals surface area contributed by atoms with E-state index in [2.05, 4.69) is 122 Å². The lowest BCUT2D eigenvalue weighted by atomic mass is 9.80. The van der Waals surface area contributed by atoms with Crippen LogP contribution in [0, 0.1) is 0 Å². The molecule has 0 aromatic heterocycles. The molecule has 2 heterocycles. The molecule has 2 aliphatic heterocycles. The van der Waals surface area contributed by atoms with Crippen molar-refractivity contribution >= 4 is 17.3 Å². The molecule has 3 aromatic carbocycles. The third-order valence-electron chi connectivity index (χ3n) is 7.81. The average molecular weight is 517 g/mol. The third kappa shape index (κ3) is 5.46. The number of carboxylic acid groups (broad SMARTS) is 1. The Kier molecular flexibility index (Phi) is 7.30. The van der Waals surface area contributed by atoms with Gasteiger partial charge in [-0.3, -0.25) is 4.79 Å². The summed E-state index contributed by atoms with van der Waals surface area (Å²) in [4.78, 5) is 15.7. The number of hydrogen-bond acceptors (Lipinski definition) is 3. The van der Waals surface area contributed by atoms with E-state index in [9.17, 15) is 4.79 Å². The molecule has 0 amide bonds. The lowest BCUT2D eigenvalue weighted by Crippen LogP contribution is -2.37. The van der Waals surface area contributed by atoms with Gasteiger partial charge in [-0.1, -0.05) is 92.7 Å². The lowest BCUT2D eigenvalue weighted by molar-refractivity contribution is -0.136. The number of allylic oxidation sites excluding steroid dienone is 7. The average Bonchev–Trinajstić information content (AvgIpc) is 3.14. The van der Waals surface area contributed by atoms with Gasteiger partial charge in [-0.05, 0) is 66.5 Å². The first kappa shape index (κ1) is 26.3. The van der Waals surface area contributed by atoms with Gasteiger partial charge in [0.05, 0.1) is 12.5 Å². The molecule has 0 saturated carbocycles. The van der Waals surface area contributed by atoms with Crippen LogP contribution in [0.25, 0.3) is 0 Å². The zero-order valence-corrected chi connectivity index (χ0v) is 23.1. The third-order valence-corrected chi connectivity index (χ3v) is 7.81. The maximum Gasteiger partial charge on any atom is 0.307 e. The van der Waals surface area contributed by atoms with Crippen LogP contribution >= 0.6 is 0 Å². The molecular formula is C35H36N2O2. The number of carbonyl (C=O) groups is 1. The van der Waals surface area contributed by atoms with Gasteiger partial charge in [0, 0.05) is 34.7 Å². The van der Waals surface area contributed by atoms with Gasteiger partial charge < -0.3 is 14.9 Å². The predicted octanol–water partition coefficient (Wildman–Crippen LogP) is 7.92. The van der Waals surface area contributed by atoms with Crippen molar-refractivity contribution in [3.05, 3.63) is 143 Å². The molecule has 1 unspecified atom stereocenters. The van der Waals surface area contributed by atoms with Gasteiger partial charge in [-0.15, -0.1) is 0 Å². The number of carboxylic acids is 1. The van der Waals surface area contributed by atoms with Gasteiger partial charge in [0.2, 0.25) is 0 Å². The standard InChI is InChI=1S/C35H36N2O2/c1-25-21-29(22-26(2)36(25)24-28-19-17-27(18-20-28)23-34(38)39)11-10-16-33-35(3,4)31-14-8-9-15-32(31)37(33)30-12-6-5-7-13-30/h5-22,33H,23-24H2,1-4H3,(H,38,39)/b16-10+. The van der Waals surface area contributed by atoms with Gasteiger partial charge in [-0.2, -0.15) is 0 Å². The number of nitrogens with zero attached hydrogens (tertiary/aromatic N) is 2. The maximum atomic E-state index is 11.0. The smallest absolute Gasteiger partial charge is 0.307 e. The second-order valence-electron chi connectivity index (χ2n) is 11.0. The van der Waals surface area contributed by atoms with Crippen LogP contribution < -0.4 is 4.90 Å². The van der Waals surface area contributed by atoms with E-state index in [-0.39, 0.29) is 17.9 Å². The highest BCUT2D eigenvalue weighted by Gasteiger charge is 2.43. The van der Waals surface area contributed by atoms with Crippen molar-refractivity contribution in [2.24, 2.45) is 0 Å². The highest BCUT2D eigenvalue weighted by atomic mass is 16.4. The van der Waals surface area contributed by atoms with Crippen molar-refractivity contribution in [1.29, 1.82) is 0 Å². The Balaban J connectivity index is 1.35. The fourth-order valence-electron chi connectivity index (χ4n) is 5.77. The molecule has 0 saturated heterocycles. The SMILES string of the molecule is CC1=CC(=C/C=C/C2N(c3ccccc3)c3ccccc3C2(C)C)C=C(C)N1Cc1ccc(CC(=O)O)cc1. The molecule has 1 N–H and O–H groups in total. The number of hydrogen-bond donors (Lipinski definition) is 1. The quantitative estimate of drug-likeness (QED) is 0.346. The zero-order chi connectivity index (χ0) is 27.6. The molecule has 198 valence electrons. The largest absolute Gasteiger partial charge is 0.481 e. The zero-order valence-electron chi connectivity index (χ0n) is 23.1. The van der Waals surface area contributed by atoms with Crippen LogP contribution in [0.4, 0.5) is 11.4 Å². The van der Waals surface area contributed by atoms with Crippen LogP contribution in [0.2, 0.25) is 0 Å². The highest BCUT2D eigenvalue weighted by Crippen LogP contribution is 2.49. The van der Waals surface area contributed by atoms with Gasteiger partial charge in [-0.25, -0.2) is 0 Å². The molecule has 0 bridgehead atoms. The van der Waals surface area contributed by atoms with Crippen LogP contribution in [0.15, 0.2) is 126 Å². The number of fused-ring (bicyclic) bond motifs is 1. The van der Waals surface area contributed by atoms with E-state index in [1.54, 1.807) is 0 Å². The lowest BCUT2D eigenvalue weighted by Gasteiger charge is -2.32. The van der Waals surface area contributed by atoms with Crippen molar-refractivity contribution in [3.8, 4) is 0 Å². The summed E-state index contributed by atoms with van der Waals surface area (Å²) < 4.78 is 0. The second-order valence-corrected chi connectivity index (χ2v) is 11.0. The van der Waals surface area contributed by atoms with Crippen LogP contribution in [0.1, 0.15) is 44.4 Å². The summed E-state index contributed by atoms with van der Waals surface area (Å²) in [6.07, 6.45) is 11.2. The summed E-state index contributed by atoms with van der Waals surface area (Å²) in [5.41, 5.74) is 9.32. The molecule has 5 rings (SSSR count). The number of rotatable bonds is 7. The Hall–Kier alpha value is -4.31. The Morgan fingerprint density at radius 2 is 1.49 bits per heavy atom.